The summed E-state index contributed by atoms with van der Waals surface area (Å²) >= 11 is 0. The average molecular weight is 465 g/mol. The van der Waals surface area contributed by atoms with Crippen LogP contribution in [0.25, 0.3) is 0 Å². The second-order valence-electron chi connectivity index (χ2n) is 8.51. The van der Waals surface area contributed by atoms with Crippen LogP contribution in [0.3, 0.4) is 0 Å². The Morgan fingerprint density at radius 1 is 0.970 bits per heavy atom. The van der Waals surface area contributed by atoms with Crippen molar-refractivity contribution in [3.63, 3.8) is 0 Å². The highest BCUT2D eigenvalue weighted by Crippen LogP contribution is 2.27. The zero-order valence-electron chi connectivity index (χ0n) is 19.0. The van der Waals surface area contributed by atoms with Crippen LogP contribution in [0, 0.1) is 13.8 Å². The molecule has 0 bridgehead atoms. The predicted octanol–water partition coefficient (Wildman–Crippen LogP) is 4.71. The third-order valence-corrected chi connectivity index (χ3v) is 7.12. The summed E-state index contributed by atoms with van der Waals surface area (Å²) in [5, 5.41) is 0. The molecule has 4 rings (SSSR count). The summed E-state index contributed by atoms with van der Waals surface area (Å²) in [6.45, 7) is 6.50. The average Bonchev–Trinajstić information content (AvgIpc) is 2.78. The molecule has 6 nitrogen and oxygen atoms in total. The number of ether oxygens (including phenoxy) is 1. The molecular formula is C26H28N2O4S. The van der Waals surface area contributed by atoms with Gasteiger partial charge < -0.3 is 9.64 Å². The molecule has 3 aromatic rings. The van der Waals surface area contributed by atoms with Crippen molar-refractivity contribution in [1.82, 2.24) is 4.90 Å². The highest BCUT2D eigenvalue weighted by atomic mass is 32.2. The molecule has 0 saturated carbocycles. The fourth-order valence-electron chi connectivity index (χ4n) is 4.06. The summed E-state index contributed by atoms with van der Waals surface area (Å²) in [5.74, 6) is -0.198. The molecule has 3 aromatic carbocycles. The molecule has 2 unspecified atom stereocenters. The first-order valence-corrected chi connectivity index (χ1v) is 12.4. The lowest BCUT2D eigenvalue weighted by Crippen LogP contribution is -2.46. The van der Waals surface area contributed by atoms with E-state index in [-0.39, 0.29) is 23.0 Å². The van der Waals surface area contributed by atoms with Crippen LogP contribution in [-0.4, -0.2) is 38.4 Å². The van der Waals surface area contributed by atoms with E-state index in [0.717, 1.165) is 16.7 Å². The van der Waals surface area contributed by atoms with Gasteiger partial charge >= 0.3 is 0 Å². The van der Waals surface area contributed by atoms with Crippen LogP contribution in [0.2, 0.25) is 0 Å². The maximum Gasteiger partial charge on any atom is 0.261 e. The maximum atomic E-state index is 13.5. The Balaban J connectivity index is 1.60. The zero-order valence-corrected chi connectivity index (χ0v) is 19.8. The van der Waals surface area contributed by atoms with Crippen LogP contribution in [0.4, 0.5) is 5.69 Å². The first-order chi connectivity index (χ1) is 15.7. The van der Waals surface area contributed by atoms with Crippen molar-refractivity contribution >= 4 is 21.6 Å². The number of carbonyl (C=O) groups excluding carboxylic acids is 1. The molecule has 1 saturated heterocycles. The molecule has 0 aromatic heterocycles. The second-order valence-corrected chi connectivity index (χ2v) is 10.2. The third-order valence-electron chi connectivity index (χ3n) is 5.74. The first-order valence-electron chi connectivity index (χ1n) is 10.9. The minimum Gasteiger partial charge on any atom is -0.367 e. The Morgan fingerprint density at radius 2 is 1.73 bits per heavy atom. The number of sulfonamides is 1. The number of benzene rings is 3. The summed E-state index contributed by atoms with van der Waals surface area (Å²) in [6, 6.07) is 21.6. The van der Waals surface area contributed by atoms with E-state index in [4.69, 9.17) is 4.74 Å². The number of aryl methyl sites for hydroxylation is 2. The van der Waals surface area contributed by atoms with Crippen LogP contribution in [0.1, 0.15) is 40.1 Å². The highest BCUT2D eigenvalue weighted by Gasteiger charge is 2.31. The van der Waals surface area contributed by atoms with E-state index in [2.05, 4.69) is 4.72 Å². The van der Waals surface area contributed by atoms with Crippen LogP contribution in [0.15, 0.2) is 77.7 Å². The first kappa shape index (κ1) is 23.0. The van der Waals surface area contributed by atoms with Crippen molar-refractivity contribution in [3.8, 4) is 0 Å². The molecule has 7 heteroatoms. The predicted molar refractivity (Wildman–Crippen MR) is 129 cm³/mol. The van der Waals surface area contributed by atoms with Gasteiger partial charge in [0.1, 0.15) is 6.10 Å². The summed E-state index contributed by atoms with van der Waals surface area (Å²) < 4.78 is 34.7. The van der Waals surface area contributed by atoms with Crippen LogP contribution >= 0.6 is 0 Å². The van der Waals surface area contributed by atoms with Gasteiger partial charge in [-0.3, -0.25) is 9.52 Å². The molecule has 0 aliphatic carbocycles. The van der Waals surface area contributed by atoms with Crippen molar-refractivity contribution in [1.29, 1.82) is 0 Å². The third kappa shape index (κ3) is 5.26. The van der Waals surface area contributed by atoms with E-state index in [9.17, 15) is 13.2 Å². The van der Waals surface area contributed by atoms with Crippen LogP contribution in [-0.2, 0) is 14.8 Å². The number of hydrogen-bond acceptors (Lipinski definition) is 4. The van der Waals surface area contributed by atoms with Gasteiger partial charge in [-0.05, 0) is 61.7 Å². The molecular weight excluding hydrogens is 436 g/mol. The number of rotatable bonds is 5. The Morgan fingerprint density at radius 3 is 2.45 bits per heavy atom. The van der Waals surface area contributed by atoms with E-state index >= 15 is 0 Å². The molecule has 1 aliphatic heterocycles. The number of anilines is 1. The van der Waals surface area contributed by atoms with Gasteiger partial charge in [-0.15, -0.1) is 0 Å². The number of morpholine rings is 1. The van der Waals surface area contributed by atoms with E-state index in [1.165, 1.54) is 12.1 Å². The van der Waals surface area contributed by atoms with Crippen molar-refractivity contribution in [3.05, 3.63) is 95.1 Å². The number of nitrogens with zero attached hydrogens (tertiary/aromatic N) is 1. The fraction of sp³-hybridized carbons (Fsp3) is 0.269. The fourth-order valence-corrected chi connectivity index (χ4v) is 5.14. The molecule has 1 amide bonds. The Labute approximate surface area is 195 Å². The molecule has 172 valence electrons. The van der Waals surface area contributed by atoms with Gasteiger partial charge in [0.05, 0.1) is 17.5 Å². The molecule has 1 heterocycles. The SMILES string of the molecule is Cc1cccc(NS(=O)(=O)c2ccc(C)c(C(=O)N3CC(C)OC(c4ccccc4)C3)c2)c1. The van der Waals surface area contributed by atoms with Gasteiger partial charge in [0, 0.05) is 17.8 Å². The smallest absolute Gasteiger partial charge is 0.261 e. The highest BCUT2D eigenvalue weighted by molar-refractivity contribution is 7.92. The van der Waals surface area contributed by atoms with Crippen LogP contribution in [0.5, 0.6) is 0 Å². The van der Waals surface area contributed by atoms with E-state index < -0.39 is 10.0 Å². The van der Waals surface area contributed by atoms with E-state index in [0.29, 0.717) is 24.3 Å². The number of hydrogen-bond donors (Lipinski definition) is 1. The van der Waals surface area contributed by atoms with Crippen molar-refractivity contribution in [2.24, 2.45) is 0 Å². The lowest BCUT2D eigenvalue weighted by molar-refractivity contribution is -0.0692. The van der Waals surface area contributed by atoms with Gasteiger partial charge in [0.15, 0.2) is 0 Å². The van der Waals surface area contributed by atoms with Crippen molar-refractivity contribution in [2.45, 2.75) is 37.9 Å². The van der Waals surface area contributed by atoms with Crippen LogP contribution < -0.4 is 4.72 Å². The second kappa shape index (κ2) is 9.37. The van der Waals surface area contributed by atoms with Gasteiger partial charge in [0.25, 0.3) is 15.9 Å². The van der Waals surface area contributed by atoms with Gasteiger partial charge in [-0.1, -0.05) is 48.5 Å². The lowest BCUT2D eigenvalue weighted by Gasteiger charge is -2.37. The normalized spacial score (nSPS) is 18.7. The van der Waals surface area contributed by atoms with Gasteiger partial charge in [-0.2, -0.15) is 0 Å². The Hall–Kier alpha value is -3.16. The monoisotopic (exact) mass is 464 g/mol. The standard InChI is InChI=1S/C26H28N2O4S/c1-18-8-7-11-22(14-18)27-33(30,31)23-13-12-19(2)24(15-23)26(29)28-16-20(3)32-25(17-28)21-9-5-4-6-10-21/h4-15,20,25,27H,16-17H2,1-3H3. The molecule has 0 radical (unpaired) electrons. The molecule has 1 fully saturated rings. The topological polar surface area (TPSA) is 75.7 Å². The summed E-state index contributed by atoms with van der Waals surface area (Å²) in [5.41, 5.74) is 3.55. The van der Waals surface area contributed by atoms with Gasteiger partial charge in [-0.25, -0.2) is 8.42 Å². The minimum absolute atomic E-state index is 0.0545. The Bertz CT molecular complexity index is 1260. The van der Waals surface area contributed by atoms with E-state index in [1.807, 2.05) is 57.2 Å². The van der Waals surface area contributed by atoms with Crippen molar-refractivity contribution < 1.29 is 17.9 Å². The largest absolute Gasteiger partial charge is 0.367 e. The number of nitrogens with one attached hydrogen (secondary N) is 1. The van der Waals surface area contributed by atoms with E-state index in [1.54, 1.807) is 29.2 Å². The maximum absolute atomic E-state index is 13.5. The molecule has 1 N–H and O–H groups in total. The number of carbonyl (C=O) groups is 1. The molecule has 1 aliphatic rings. The molecule has 33 heavy (non-hydrogen) atoms. The quantitative estimate of drug-likeness (QED) is 0.594. The zero-order chi connectivity index (χ0) is 23.6. The van der Waals surface area contributed by atoms with Crippen molar-refractivity contribution in [2.75, 3.05) is 17.8 Å². The summed E-state index contributed by atoms with van der Waals surface area (Å²) in [4.78, 5) is 15.3. The molecule has 2 atom stereocenters. The molecule has 0 spiro atoms. The Kier molecular flexibility index (Phi) is 6.54. The summed E-state index contributed by atoms with van der Waals surface area (Å²) in [7, 11) is -3.84. The van der Waals surface area contributed by atoms with Gasteiger partial charge in [0.2, 0.25) is 0 Å². The summed E-state index contributed by atoms with van der Waals surface area (Å²) in [6.07, 6.45) is -0.364. The minimum atomic E-state index is -3.84. The lowest BCUT2D eigenvalue weighted by atomic mass is 10.0. The number of amides is 1.